The van der Waals surface area contributed by atoms with Crippen LogP contribution in [-0.2, 0) is 6.42 Å². The highest BCUT2D eigenvalue weighted by molar-refractivity contribution is 6.30. The fourth-order valence-corrected chi connectivity index (χ4v) is 2.41. The molecule has 0 aliphatic rings. The highest BCUT2D eigenvalue weighted by Crippen LogP contribution is 2.32. The number of rotatable bonds is 3. The summed E-state index contributed by atoms with van der Waals surface area (Å²) in [7, 11) is 0. The Morgan fingerprint density at radius 1 is 1.05 bits per heavy atom. The highest BCUT2D eigenvalue weighted by atomic mass is 35.5. The van der Waals surface area contributed by atoms with Crippen LogP contribution in [0.15, 0.2) is 48.8 Å². The summed E-state index contributed by atoms with van der Waals surface area (Å²) in [5.41, 5.74) is 0.821. The van der Waals surface area contributed by atoms with Crippen molar-refractivity contribution < 1.29 is 4.74 Å². The van der Waals surface area contributed by atoms with Gasteiger partial charge < -0.3 is 4.74 Å². The first-order valence-electron chi connectivity index (χ1n) is 6.44. The predicted octanol–water partition coefficient (Wildman–Crippen LogP) is 4.64. The number of fused-ring (bicyclic) bond motifs is 1. The van der Waals surface area contributed by atoms with E-state index in [1.165, 1.54) is 6.33 Å². The normalized spacial score (nSPS) is 10.7. The van der Waals surface area contributed by atoms with E-state index in [1.54, 1.807) is 0 Å². The van der Waals surface area contributed by atoms with Crippen molar-refractivity contribution in [2.45, 2.75) is 13.3 Å². The Balaban J connectivity index is 2.08. The van der Waals surface area contributed by atoms with Gasteiger partial charge in [-0.2, -0.15) is 0 Å². The van der Waals surface area contributed by atoms with Crippen molar-refractivity contribution in [3.05, 3.63) is 59.5 Å². The lowest BCUT2D eigenvalue weighted by molar-refractivity contribution is 0.460. The lowest BCUT2D eigenvalue weighted by Crippen LogP contribution is -1.97. The summed E-state index contributed by atoms with van der Waals surface area (Å²) < 4.78 is 5.96. The summed E-state index contributed by atoms with van der Waals surface area (Å²) in [5.74, 6) is 1.29. The van der Waals surface area contributed by atoms with Gasteiger partial charge in [0.05, 0.1) is 5.56 Å². The van der Waals surface area contributed by atoms with E-state index in [2.05, 4.69) is 22.1 Å². The van der Waals surface area contributed by atoms with Gasteiger partial charge in [-0.05, 0) is 17.9 Å². The Morgan fingerprint density at radius 3 is 2.70 bits per heavy atom. The molecule has 0 amide bonds. The SMILES string of the molecule is CCc1c(Cl)ncnc1Oc1cccc2ccccc12. The van der Waals surface area contributed by atoms with Crippen LogP contribution >= 0.6 is 11.6 Å². The molecule has 0 radical (unpaired) electrons. The van der Waals surface area contributed by atoms with Crippen molar-refractivity contribution in [2.24, 2.45) is 0 Å². The van der Waals surface area contributed by atoms with E-state index in [4.69, 9.17) is 16.3 Å². The van der Waals surface area contributed by atoms with E-state index in [1.807, 2.05) is 37.3 Å². The van der Waals surface area contributed by atoms with Crippen LogP contribution in [-0.4, -0.2) is 9.97 Å². The van der Waals surface area contributed by atoms with Crippen molar-refractivity contribution in [3.63, 3.8) is 0 Å². The van der Waals surface area contributed by atoms with Gasteiger partial charge in [-0.3, -0.25) is 0 Å². The van der Waals surface area contributed by atoms with Crippen molar-refractivity contribution in [2.75, 3.05) is 0 Å². The van der Waals surface area contributed by atoms with Gasteiger partial charge in [0.25, 0.3) is 0 Å². The molecule has 0 aliphatic carbocycles. The van der Waals surface area contributed by atoms with Gasteiger partial charge in [0.1, 0.15) is 17.2 Å². The molecule has 2 aromatic carbocycles. The molecule has 20 heavy (non-hydrogen) atoms. The molecule has 0 saturated heterocycles. The first kappa shape index (κ1) is 12.9. The van der Waals surface area contributed by atoms with Gasteiger partial charge in [0.2, 0.25) is 5.88 Å². The molecule has 0 atom stereocenters. The lowest BCUT2D eigenvalue weighted by atomic mass is 10.1. The third-order valence-electron chi connectivity index (χ3n) is 3.16. The largest absolute Gasteiger partial charge is 0.438 e. The predicted molar refractivity (Wildman–Crippen MR) is 80.4 cm³/mol. The van der Waals surface area contributed by atoms with E-state index < -0.39 is 0 Å². The Hall–Kier alpha value is -2.13. The van der Waals surface area contributed by atoms with Gasteiger partial charge in [-0.1, -0.05) is 54.9 Å². The van der Waals surface area contributed by atoms with Crippen molar-refractivity contribution >= 4 is 22.4 Å². The number of ether oxygens (including phenoxy) is 1. The first-order chi connectivity index (χ1) is 9.79. The van der Waals surface area contributed by atoms with E-state index >= 15 is 0 Å². The first-order valence-corrected chi connectivity index (χ1v) is 6.82. The smallest absolute Gasteiger partial charge is 0.227 e. The summed E-state index contributed by atoms with van der Waals surface area (Å²) in [5, 5.41) is 2.62. The van der Waals surface area contributed by atoms with Crippen LogP contribution in [0.4, 0.5) is 0 Å². The van der Waals surface area contributed by atoms with E-state index in [-0.39, 0.29) is 0 Å². The van der Waals surface area contributed by atoms with Crippen LogP contribution in [0.3, 0.4) is 0 Å². The minimum Gasteiger partial charge on any atom is -0.438 e. The third-order valence-corrected chi connectivity index (χ3v) is 3.49. The number of hydrogen-bond donors (Lipinski definition) is 0. The number of halogens is 1. The molecule has 0 saturated carbocycles. The second kappa shape index (κ2) is 5.47. The Labute approximate surface area is 122 Å². The van der Waals surface area contributed by atoms with E-state index in [9.17, 15) is 0 Å². The molecule has 3 aromatic rings. The van der Waals surface area contributed by atoms with Crippen molar-refractivity contribution in [3.8, 4) is 11.6 Å². The minimum atomic E-state index is 0.442. The second-order valence-corrected chi connectivity index (χ2v) is 4.74. The average molecular weight is 285 g/mol. The maximum absolute atomic E-state index is 6.08. The molecule has 0 N–H and O–H groups in total. The molecular formula is C16H13ClN2O. The second-order valence-electron chi connectivity index (χ2n) is 4.38. The molecule has 0 unspecified atom stereocenters. The topological polar surface area (TPSA) is 35.0 Å². The summed E-state index contributed by atoms with van der Waals surface area (Å²) in [4.78, 5) is 8.18. The van der Waals surface area contributed by atoms with E-state index in [0.29, 0.717) is 11.0 Å². The minimum absolute atomic E-state index is 0.442. The molecule has 0 aliphatic heterocycles. The van der Waals surface area contributed by atoms with Gasteiger partial charge >= 0.3 is 0 Å². The Kier molecular flexibility index (Phi) is 3.52. The average Bonchev–Trinajstić information content (AvgIpc) is 2.48. The quantitative estimate of drug-likeness (QED) is 0.657. The van der Waals surface area contributed by atoms with Crippen LogP contribution in [0.5, 0.6) is 11.6 Å². The van der Waals surface area contributed by atoms with Gasteiger partial charge in [-0.25, -0.2) is 9.97 Å². The maximum Gasteiger partial charge on any atom is 0.227 e. The molecule has 1 heterocycles. The monoisotopic (exact) mass is 284 g/mol. The molecule has 1 aromatic heterocycles. The van der Waals surface area contributed by atoms with Crippen LogP contribution in [0.1, 0.15) is 12.5 Å². The lowest BCUT2D eigenvalue weighted by Gasteiger charge is -2.11. The van der Waals surface area contributed by atoms with Crippen LogP contribution in [0.25, 0.3) is 10.8 Å². The maximum atomic E-state index is 6.08. The summed E-state index contributed by atoms with van der Waals surface area (Å²) in [6, 6.07) is 14.0. The standard InChI is InChI=1S/C16H13ClN2O/c1-2-12-15(17)18-10-19-16(12)20-14-9-5-7-11-6-3-4-8-13(11)14/h3-10H,2H2,1H3. The zero-order chi connectivity index (χ0) is 13.9. The molecule has 100 valence electrons. The molecule has 0 fully saturated rings. The van der Waals surface area contributed by atoms with Crippen molar-refractivity contribution in [1.82, 2.24) is 9.97 Å². The van der Waals surface area contributed by atoms with E-state index in [0.717, 1.165) is 28.5 Å². The summed E-state index contributed by atoms with van der Waals surface area (Å²) in [6.45, 7) is 2.00. The van der Waals surface area contributed by atoms with Crippen LogP contribution in [0.2, 0.25) is 5.15 Å². The van der Waals surface area contributed by atoms with Crippen molar-refractivity contribution in [1.29, 1.82) is 0 Å². The zero-order valence-electron chi connectivity index (χ0n) is 11.0. The Morgan fingerprint density at radius 2 is 1.85 bits per heavy atom. The van der Waals surface area contributed by atoms with Crippen LogP contribution < -0.4 is 4.74 Å². The summed E-state index contributed by atoms with van der Waals surface area (Å²) in [6.07, 6.45) is 2.14. The molecular weight excluding hydrogens is 272 g/mol. The molecule has 0 bridgehead atoms. The molecule has 3 nitrogen and oxygen atoms in total. The van der Waals surface area contributed by atoms with Gasteiger partial charge in [-0.15, -0.1) is 0 Å². The van der Waals surface area contributed by atoms with Gasteiger partial charge in [0.15, 0.2) is 0 Å². The number of hydrogen-bond acceptors (Lipinski definition) is 3. The van der Waals surface area contributed by atoms with Crippen LogP contribution in [0, 0.1) is 0 Å². The summed E-state index contributed by atoms with van der Waals surface area (Å²) >= 11 is 6.08. The Bertz CT molecular complexity index is 753. The fourth-order valence-electron chi connectivity index (χ4n) is 2.15. The third kappa shape index (κ3) is 2.32. The molecule has 3 rings (SSSR count). The number of aromatic nitrogens is 2. The number of benzene rings is 2. The number of nitrogens with zero attached hydrogens (tertiary/aromatic N) is 2. The fraction of sp³-hybridized carbons (Fsp3) is 0.125. The zero-order valence-corrected chi connectivity index (χ0v) is 11.8. The molecule has 4 heteroatoms. The molecule has 0 spiro atoms. The van der Waals surface area contributed by atoms with Gasteiger partial charge in [0, 0.05) is 5.39 Å². The highest BCUT2D eigenvalue weighted by Gasteiger charge is 2.11.